The third-order valence-electron chi connectivity index (χ3n) is 5.30. The molecule has 0 saturated carbocycles. The number of hydrogen-bond acceptors (Lipinski definition) is 3. The zero-order chi connectivity index (χ0) is 22.5. The first-order valence-corrected chi connectivity index (χ1v) is 12.1. The van der Waals surface area contributed by atoms with E-state index < -0.39 is 0 Å². The highest BCUT2D eigenvalue weighted by molar-refractivity contribution is 8.00. The van der Waals surface area contributed by atoms with Crippen molar-refractivity contribution in [2.24, 2.45) is 0 Å². The molecule has 3 aromatic rings. The van der Waals surface area contributed by atoms with Crippen LogP contribution in [0.15, 0.2) is 72.8 Å². The molecule has 1 N–H and O–H groups in total. The Morgan fingerprint density at radius 1 is 0.906 bits per heavy atom. The van der Waals surface area contributed by atoms with Gasteiger partial charge in [0, 0.05) is 28.7 Å². The molecule has 0 aromatic heterocycles. The van der Waals surface area contributed by atoms with Crippen LogP contribution in [0.25, 0.3) is 0 Å². The fourth-order valence-electron chi connectivity index (χ4n) is 3.56. The highest BCUT2D eigenvalue weighted by atomic mass is 35.5. The number of nitrogens with one attached hydrogen (secondary N) is 1. The van der Waals surface area contributed by atoms with Gasteiger partial charge in [-0.3, -0.25) is 9.59 Å². The quantitative estimate of drug-likeness (QED) is 0.464. The van der Waals surface area contributed by atoms with Gasteiger partial charge < -0.3 is 10.2 Å². The van der Waals surface area contributed by atoms with E-state index in [1.54, 1.807) is 11.8 Å². The van der Waals surface area contributed by atoms with E-state index >= 15 is 0 Å². The number of halogens is 2. The Morgan fingerprint density at radius 3 is 2.12 bits per heavy atom. The van der Waals surface area contributed by atoms with Crippen molar-refractivity contribution in [3.8, 4) is 0 Å². The summed E-state index contributed by atoms with van der Waals surface area (Å²) >= 11 is 13.5. The van der Waals surface area contributed by atoms with Crippen LogP contribution >= 0.6 is 35.0 Å². The third kappa shape index (κ3) is 5.66. The summed E-state index contributed by atoms with van der Waals surface area (Å²) in [4.78, 5) is 26.8. The van der Waals surface area contributed by atoms with Gasteiger partial charge in [0.25, 0.3) is 5.91 Å². The molecule has 0 unspecified atom stereocenters. The van der Waals surface area contributed by atoms with E-state index in [1.165, 1.54) is 0 Å². The molecule has 1 heterocycles. The Morgan fingerprint density at radius 2 is 1.50 bits per heavy atom. The molecule has 1 aliphatic heterocycles. The average Bonchev–Trinajstić information content (AvgIpc) is 3.16. The monoisotopic (exact) mass is 484 g/mol. The maximum absolute atomic E-state index is 12.5. The first-order chi connectivity index (χ1) is 15.5. The molecule has 4 rings (SSSR count). The minimum atomic E-state index is -0.112. The second kappa shape index (κ2) is 10.4. The maximum Gasteiger partial charge on any atom is 0.251 e. The molecule has 1 fully saturated rings. The summed E-state index contributed by atoms with van der Waals surface area (Å²) in [5, 5.41) is 4.26. The lowest BCUT2D eigenvalue weighted by Gasteiger charge is -2.24. The van der Waals surface area contributed by atoms with Gasteiger partial charge in [-0.1, -0.05) is 59.6 Å². The Bertz CT molecular complexity index is 1090. The summed E-state index contributed by atoms with van der Waals surface area (Å²) < 4.78 is 0. The van der Waals surface area contributed by atoms with Crippen molar-refractivity contribution < 1.29 is 9.59 Å². The van der Waals surface area contributed by atoms with Gasteiger partial charge in [0.2, 0.25) is 5.91 Å². The van der Waals surface area contributed by atoms with Gasteiger partial charge in [-0.25, -0.2) is 0 Å². The van der Waals surface area contributed by atoms with Crippen LogP contribution in [0.5, 0.6) is 0 Å². The number of benzene rings is 3. The van der Waals surface area contributed by atoms with Crippen LogP contribution in [0.4, 0.5) is 0 Å². The number of amides is 2. The molecule has 3 aromatic carbocycles. The van der Waals surface area contributed by atoms with Gasteiger partial charge in [0.15, 0.2) is 0 Å². The number of carbonyl (C=O) groups is 2. The first-order valence-electron chi connectivity index (χ1n) is 10.3. The van der Waals surface area contributed by atoms with Gasteiger partial charge in [-0.05, 0) is 59.5 Å². The number of thioether (sulfide) groups is 1. The van der Waals surface area contributed by atoms with Gasteiger partial charge in [0.05, 0.1) is 5.75 Å². The van der Waals surface area contributed by atoms with Crippen molar-refractivity contribution in [2.45, 2.75) is 18.3 Å². The Labute approximate surface area is 201 Å². The second-order valence-corrected chi connectivity index (χ2v) is 9.51. The molecule has 0 radical (unpaired) electrons. The Kier molecular flexibility index (Phi) is 7.40. The summed E-state index contributed by atoms with van der Waals surface area (Å²) in [5.74, 6) is 0.447. The molecule has 0 bridgehead atoms. The standard InChI is InChI=1S/C25H22Cl2N2O2S/c26-21-9-1-17(2-10-21)13-14-28-24(31)19-5-7-20(8-6-19)25-29(23(30)16-32-25)15-18-3-11-22(27)12-4-18/h1-12,25H,13-16H2,(H,28,31)/t25-/m0/s1. The van der Waals surface area contributed by atoms with E-state index in [1.807, 2.05) is 77.7 Å². The molecule has 2 amide bonds. The Balaban J connectivity index is 1.36. The highest BCUT2D eigenvalue weighted by Gasteiger charge is 2.32. The first kappa shape index (κ1) is 22.7. The zero-order valence-electron chi connectivity index (χ0n) is 17.3. The number of nitrogens with zero attached hydrogens (tertiary/aromatic N) is 1. The molecule has 7 heteroatoms. The van der Waals surface area contributed by atoms with Crippen LogP contribution in [0.2, 0.25) is 10.0 Å². The van der Waals surface area contributed by atoms with E-state index in [0.717, 1.165) is 23.1 Å². The lowest BCUT2D eigenvalue weighted by molar-refractivity contribution is -0.128. The van der Waals surface area contributed by atoms with E-state index in [-0.39, 0.29) is 17.2 Å². The SMILES string of the molecule is O=C(NCCc1ccc(Cl)cc1)c1ccc([C@@H]2SCC(=O)N2Cc2ccc(Cl)cc2)cc1. The summed E-state index contributed by atoms with van der Waals surface area (Å²) in [7, 11) is 0. The lowest BCUT2D eigenvalue weighted by atomic mass is 10.1. The van der Waals surface area contributed by atoms with E-state index in [9.17, 15) is 9.59 Å². The van der Waals surface area contributed by atoms with Gasteiger partial charge in [-0.15, -0.1) is 11.8 Å². The van der Waals surface area contributed by atoms with Crippen molar-refractivity contribution in [1.29, 1.82) is 0 Å². The number of hydrogen-bond donors (Lipinski definition) is 1. The van der Waals surface area contributed by atoms with Crippen LogP contribution in [0.3, 0.4) is 0 Å². The lowest BCUT2D eigenvalue weighted by Crippen LogP contribution is -2.28. The maximum atomic E-state index is 12.5. The highest BCUT2D eigenvalue weighted by Crippen LogP contribution is 2.39. The summed E-state index contributed by atoms with van der Waals surface area (Å²) in [6.07, 6.45) is 0.738. The van der Waals surface area contributed by atoms with Crippen LogP contribution in [0, 0.1) is 0 Å². The smallest absolute Gasteiger partial charge is 0.251 e. The second-order valence-electron chi connectivity index (χ2n) is 7.57. The summed E-state index contributed by atoms with van der Waals surface area (Å²) in [5.41, 5.74) is 3.76. The summed E-state index contributed by atoms with van der Waals surface area (Å²) in [6, 6.07) is 22.6. The van der Waals surface area contributed by atoms with Gasteiger partial charge in [-0.2, -0.15) is 0 Å². The van der Waals surface area contributed by atoms with Crippen molar-refractivity contribution in [2.75, 3.05) is 12.3 Å². The molecule has 0 aliphatic carbocycles. The molecule has 1 atom stereocenters. The molecule has 164 valence electrons. The molecule has 32 heavy (non-hydrogen) atoms. The Hall–Kier alpha value is -2.47. The fraction of sp³-hybridized carbons (Fsp3) is 0.200. The number of rotatable bonds is 7. The largest absolute Gasteiger partial charge is 0.352 e. The molecular weight excluding hydrogens is 463 g/mol. The van der Waals surface area contributed by atoms with Crippen molar-refractivity contribution >= 4 is 46.8 Å². The van der Waals surface area contributed by atoms with Crippen molar-refractivity contribution in [1.82, 2.24) is 10.2 Å². The van der Waals surface area contributed by atoms with Crippen molar-refractivity contribution in [3.63, 3.8) is 0 Å². The van der Waals surface area contributed by atoms with E-state index in [2.05, 4.69) is 5.32 Å². The van der Waals surface area contributed by atoms with E-state index in [0.29, 0.717) is 34.5 Å². The molecule has 1 saturated heterocycles. The minimum absolute atomic E-state index is 0.0693. The zero-order valence-corrected chi connectivity index (χ0v) is 19.6. The minimum Gasteiger partial charge on any atom is -0.352 e. The van der Waals surface area contributed by atoms with Gasteiger partial charge in [0.1, 0.15) is 5.37 Å². The number of carbonyl (C=O) groups excluding carboxylic acids is 2. The fourth-order valence-corrected chi connectivity index (χ4v) is 5.00. The van der Waals surface area contributed by atoms with Crippen LogP contribution in [-0.4, -0.2) is 29.0 Å². The summed E-state index contributed by atoms with van der Waals surface area (Å²) in [6.45, 7) is 1.07. The topological polar surface area (TPSA) is 49.4 Å². The molecule has 4 nitrogen and oxygen atoms in total. The molecular formula is C25H22Cl2N2O2S. The molecule has 0 spiro atoms. The van der Waals surface area contributed by atoms with Gasteiger partial charge >= 0.3 is 0 Å². The van der Waals surface area contributed by atoms with E-state index in [4.69, 9.17) is 23.2 Å². The predicted molar refractivity (Wildman–Crippen MR) is 131 cm³/mol. The van der Waals surface area contributed by atoms with Crippen LogP contribution in [0.1, 0.15) is 32.4 Å². The van der Waals surface area contributed by atoms with Crippen LogP contribution < -0.4 is 5.32 Å². The molecule has 1 aliphatic rings. The normalized spacial score (nSPS) is 15.8. The average molecular weight is 485 g/mol. The third-order valence-corrected chi connectivity index (χ3v) is 7.06. The predicted octanol–water partition coefficient (Wildman–Crippen LogP) is 5.74. The van der Waals surface area contributed by atoms with Crippen molar-refractivity contribution in [3.05, 3.63) is 105 Å². The van der Waals surface area contributed by atoms with Crippen LogP contribution in [-0.2, 0) is 17.8 Å².